The summed E-state index contributed by atoms with van der Waals surface area (Å²) in [5.74, 6) is 0.436. The second-order valence-electron chi connectivity index (χ2n) is 6.99. The number of carbonyl (C=O) groups excluding carboxylic acids is 2. The zero-order valence-electron chi connectivity index (χ0n) is 16.3. The number of hydrogen-bond acceptors (Lipinski definition) is 4. The van der Waals surface area contributed by atoms with Crippen molar-refractivity contribution in [2.24, 2.45) is 0 Å². The molecule has 1 amide bonds. The fraction of sp³-hybridized carbons (Fsp3) is 0.619. The molecule has 1 aliphatic rings. The van der Waals surface area contributed by atoms with Gasteiger partial charge in [-0.3, -0.25) is 9.59 Å². The van der Waals surface area contributed by atoms with Crippen LogP contribution in [0.3, 0.4) is 0 Å². The lowest BCUT2D eigenvalue weighted by Gasteiger charge is -2.34. The summed E-state index contributed by atoms with van der Waals surface area (Å²) in [7, 11) is 0. The van der Waals surface area contributed by atoms with Gasteiger partial charge in [-0.05, 0) is 50.8 Å². The van der Waals surface area contributed by atoms with Crippen molar-refractivity contribution in [2.75, 3.05) is 19.8 Å². The molecule has 0 radical (unpaired) electrons. The van der Waals surface area contributed by atoms with E-state index in [9.17, 15) is 9.59 Å². The summed E-state index contributed by atoms with van der Waals surface area (Å²) in [6.07, 6.45) is 5.71. The Balaban J connectivity index is 1.99. The number of ether oxygens (including phenoxy) is 2. The summed E-state index contributed by atoms with van der Waals surface area (Å²) in [4.78, 5) is 26.4. The maximum absolute atomic E-state index is 12.8. The van der Waals surface area contributed by atoms with Crippen molar-refractivity contribution in [1.82, 2.24) is 4.90 Å². The minimum Gasteiger partial charge on any atom is -0.483 e. The summed E-state index contributed by atoms with van der Waals surface area (Å²) in [6.45, 7) is 6.54. The highest BCUT2D eigenvalue weighted by Gasteiger charge is 2.26. The lowest BCUT2D eigenvalue weighted by molar-refractivity contribution is -0.145. The summed E-state index contributed by atoms with van der Waals surface area (Å²) >= 11 is 0. The number of esters is 1. The minimum atomic E-state index is -0.253. The van der Waals surface area contributed by atoms with Gasteiger partial charge in [0.25, 0.3) is 5.91 Å². The molecule has 1 aromatic carbocycles. The van der Waals surface area contributed by atoms with Crippen LogP contribution >= 0.6 is 0 Å². The van der Waals surface area contributed by atoms with Crippen LogP contribution in [0, 0.1) is 13.8 Å². The molecule has 0 atom stereocenters. The lowest BCUT2D eigenvalue weighted by Crippen LogP contribution is -2.45. The molecular formula is C21H31NO4. The van der Waals surface area contributed by atoms with Crippen molar-refractivity contribution < 1.29 is 19.1 Å². The Kier molecular flexibility index (Phi) is 7.95. The number of rotatable bonds is 8. The van der Waals surface area contributed by atoms with E-state index in [4.69, 9.17) is 9.47 Å². The van der Waals surface area contributed by atoms with Crippen LogP contribution in [0.5, 0.6) is 5.75 Å². The maximum atomic E-state index is 12.8. The molecule has 0 aromatic heterocycles. The Labute approximate surface area is 156 Å². The molecule has 0 heterocycles. The van der Waals surface area contributed by atoms with Gasteiger partial charge >= 0.3 is 5.97 Å². The van der Waals surface area contributed by atoms with Gasteiger partial charge in [0.2, 0.25) is 0 Å². The number of amides is 1. The van der Waals surface area contributed by atoms with E-state index in [1.807, 2.05) is 36.9 Å². The van der Waals surface area contributed by atoms with Crippen molar-refractivity contribution in [3.63, 3.8) is 0 Å². The fourth-order valence-electron chi connectivity index (χ4n) is 3.43. The van der Waals surface area contributed by atoms with E-state index in [-0.39, 0.29) is 30.9 Å². The zero-order chi connectivity index (χ0) is 18.9. The molecule has 2 rings (SSSR count). The molecule has 5 heteroatoms. The Morgan fingerprint density at radius 2 is 1.88 bits per heavy atom. The summed E-state index contributed by atoms with van der Waals surface area (Å²) in [6, 6.07) is 6.17. The fourth-order valence-corrected chi connectivity index (χ4v) is 3.43. The predicted molar refractivity (Wildman–Crippen MR) is 101 cm³/mol. The molecule has 0 spiro atoms. The van der Waals surface area contributed by atoms with Crippen molar-refractivity contribution in [2.45, 2.75) is 65.3 Å². The number of aryl methyl sites for hydroxylation is 2. The number of carbonyl (C=O) groups is 2. The lowest BCUT2D eigenvalue weighted by atomic mass is 9.94. The van der Waals surface area contributed by atoms with E-state index < -0.39 is 0 Å². The second-order valence-corrected chi connectivity index (χ2v) is 6.99. The van der Waals surface area contributed by atoms with Gasteiger partial charge in [0.15, 0.2) is 6.61 Å². The number of nitrogens with zero attached hydrogens (tertiary/aromatic N) is 1. The van der Waals surface area contributed by atoms with E-state index >= 15 is 0 Å². The van der Waals surface area contributed by atoms with Gasteiger partial charge in [0.1, 0.15) is 5.75 Å². The summed E-state index contributed by atoms with van der Waals surface area (Å²) in [5, 5.41) is 0. The SMILES string of the molecule is CCOC(=O)CCN(C(=O)COc1cc(C)ccc1C)C1CCCCC1. The van der Waals surface area contributed by atoms with Crippen LogP contribution in [-0.4, -0.2) is 42.6 Å². The maximum Gasteiger partial charge on any atom is 0.307 e. The third-order valence-corrected chi connectivity index (χ3v) is 4.89. The molecule has 26 heavy (non-hydrogen) atoms. The van der Waals surface area contributed by atoms with Crippen LogP contribution in [0.2, 0.25) is 0 Å². The first-order chi connectivity index (χ1) is 12.5. The highest BCUT2D eigenvalue weighted by atomic mass is 16.5. The molecule has 0 N–H and O–H groups in total. The zero-order valence-corrected chi connectivity index (χ0v) is 16.3. The molecular weight excluding hydrogens is 330 g/mol. The van der Waals surface area contributed by atoms with Crippen molar-refractivity contribution in [1.29, 1.82) is 0 Å². The third-order valence-electron chi connectivity index (χ3n) is 4.89. The van der Waals surface area contributed by atoms with Crippen LogP contribution in [0.1, 0.15) is 56.6 Å². The molecule has 0 unspecified atom stereocenters. The van der Waals surface area contributed by atoms with Gasteiger partial charge < -0.3 is 14.4 Å². The largest absolute Gasteiger partial charge is 0.483 e. The first kappa shape index (κ1) is 20.3. The average molecular weight is 361 g/mol. The van der Waals surface area contributed by atoms with Crippen LogP contribution in [0.4, 0.5) is 0 Å². The molecule has 1 saturated carbocycles. The van der Waals surface area contributed by atoms with E-state index in [1.165, 1.54) is 6.42 Å². The Hall–Kier alpha value is -2.04. The predicted octanol–water partition coefficient (Wildman–Crippen LogP) is 3.80. The Morgan fingerprint density at radius 3 is 2.58 bits per heavy atom. The van der Waals surface area contributed by atoms with Crippen LogP contribution in [0.15, 0.2) is 18.2 Å². The summed E-state index contributed by atoms with van der Waals surface area (Å²) < 4.78 is 10.8. The van der Waals surface area contributed by atoms with Gasteiger partial charge in [-0.2, -0.15) is 0 Å². The van der Waals surface area contributed by atoms with E-state index in [0.717, 1.165) is 42.6 Å². The number of hydrogen-bond donors (Lipinski definition) is 0. The Bertz CT molecular complexity index is 608. The third kappa shape index (κ3) is 6.04. The van der Waals surface area contributed by atoms with E-state index in [2.05, 4.69) is 0 Å². The minimum absolute atomic E-state index is 0.00359. The number of benzene rings is 1. The topological polar surface area (TPSA) is 55.8 Å². The molecule has 5 nitrogen and oxygen atoms in total. The van der Waals surface area contributed by atoms with Crippen LogP contribution < -0.4 is 4.74 Å². The van der Waals surface area contributed by atoms with Gasteiger partial charge in [-0.15, -0.1) is 0 Å². The standard InChI is InChI=1S/C21H31NO4/c1-4-25-21(24)12-13-22(18-8-6-5-7-9-18)20(23)15-26-19-14-16(2)10-11-17(19)3/h10-11,14,18H,4-9,12-13,15H2,1-3H3. The molecule has 1 fully saturated rings. The first-order valence-electron chi connectivity index (χ1n) is 9.66. The van der Waals surface area contributed by atoms with Gasteiger partial charge in [-0.25, -0.2) is 0 Å². The monoisotopic (exact) mass is 361 g/mol. The Morgan fingerprint density at radius 1 is 1.15 bits per heavy atom. The molecule has 1 aliphatic carbocycles. The smallest absolute Gasteiger partial charge is 0.307 e. The van der Waals surface area contributed by atoms with E-state index in [0.29, 0.717) is 13.2 Å². The molecule has 0 bridgehead atoms. The molecule has 0 saturated heterocycles. The molecule has 144 valence electrons. The first-order valence-corrected chi connectivity index (χ1v) is 9.66. The highest BCUT2D eigenvalue weighted by molar-refractivity contribution is 5.79. The van der Waals surface area contributed by atoms with Crippen molar-refractivity contribution >= 4 is 11.9 Å². The van der Waals surface area contributed by atoms with E-state index in [1.54, 1.807) is 6.92 Å². The molecule has 1 aromatic rings. The van der Waals surface area contributed by atoms with Crippen molar-refractivity contribution in [3.8, 4) is 5.75 Å². The summed E-state index contributed by atoms with van der Waals surface area (Å²) in [5.41, 5.74) is 2.11. The average Bonchev–Trinajstić information content (AvgIpc) is 2.63. The highest BCUT2D eigenvalue weighted by Crippen LogP contribution is 2.24. The van der Waals surface area contributed by atoms with Gasteiger partial charge in [-0.1, -0.05) is 31.4 Å². The van der Waals surface area contributed by atoms with Gasteiger partial charge in [0, 0.05) is 12.6 Å². The molecule has 0 aliphatic heterocycles. The van der Waals surface area contributed by atoms with Gasteiger partial charge in [0.05, 0.1) is 13.0 Å². The normalized spacial score (nSPS) is 14.7. The quantitative estimate of drug-likeness (QED) is 0.661. The van der Waals surface area contributed by atoms with Crippen LogP contribution in [0.25, 0.3) is 0 Å². The van der Waals surface area contributed by atoms with Crippen LogP contribution in [-0.2, 0) is 14.3 Å². The van der Waals surface area contributed by atoms with Crippen molar-refractivity contribution in [3.05, 3.63) is 29.3 Å². The second kappa shape index (κ2) is 10.2.